The Labute approximate surface area is 123 Å². The molecule has 20 heavy (non-hydrogen) atoms. The molecular formula is C12H21NO6S. The Kier molecular flexibility index (Phi) is 13.0. The number of nitrogens with one attached hydrogen (secondary N) is 1. The normalized spacial score (nSPS) is 12.2. The molecule has 0 fully saturated rings. The van der Waals surface area contributed by atoms with Crippen molar-refractivity contribution in [3.63, 3.8) is 0 Å². The predicted octanol–water partition coefficient (Wildman–Crippen LogP) is 0.0379. The number of carbonyl (C=O) groups is 3. The lowest BCUT2D eigenvalue weighted by Gasteiger charge is -2.15. The van der Waals surface area contributed by atoms with Gasteiger partial charge in [0.05, 0.1) is 6.61 Å². The number of carbonyl (C=O) groups excluding carboxylic acids is 3. The van der Waals surface area contributed by atoms with Gasteiger partial charge in [-0.1, -0.05) is 0 Å². The molecule has 8 heteroatoms. The van der Waals surface area contributed by atoms with Gasteiger partial charge in [0.2, 0.25) is 5.91 Å². The van der Waals surface area contributed by atoms with Crippen LogP contribution in [0.1, 0.15) is 20.3 Å². The van der Waals surface area contributed by atoms with E-state index in [0.717, 1.165) is 0 Å². The Balaban J connectivity index is 0. The van der Waals surface area contributed by atoms with Crippen molar-refractivity contribution in [3.05, 3.63) is 13.2 Å². The first-order valence-corrected chi connectivity index (χ1v) is 6.33. The molecule has 0 bridgehead atoms. The Morgan fingerprint density at radius 3 is 2.30 bits per heavy atom. The van der Waals surface area contributed by atoms with Crippen LogP contribution in [0.4, 0.5) is 0 Å². The van der Waals surface area contributed by atoms with Gasteiger partial charge >= 0.3 is 11.9 Å². The van der Waals surface area contributed by atoms with Crippen LogP contribution in [0.5, 0.6) is 0 Å². The molecule has 0 rings (SSSR count). The molecule has 0 aromatic rings. The van der Waals surface area contributed by atoms with Gasteiger partial charge in [-0.3, -0.25) is 4.79 Å². The topological polar surface area (TPSA) is 102 Å². The first-order chi connectivity index (χ1) is 9.38. The van der Waals surface area contributed by atoms with Crippen LogP contribution in [0.2, 0.25) is 0 Å². The molecule has 0 aromatic heterocycles. The monoisotopic (exact) mass is 307 g/mol. The molecule has 0 saturated carbocycles. The standard InChI is InChI=1S/C10H17NO6S.C2H4/c1-6(9(14)16-5-3-4-12)17-10(15)8(18)11-7(2)13;1-2/h6,8,12,18H,3-5H2,1-2H3,(H,11,13);1-2H2. The number of hydrogen-bond donors (Lipinski definition) is 3. The van der Waals surface area contributed by atoms with E-state index in [4.69, 9.17) is 14.6 Å². The van der Waals surface area contributed by atoms with Crippen molar-refractivity contribution in [1.29, 1.82) is 0 Å². The Bertz CT molecular complexity index is 323. The van der Waals surface area contributed by atoms with Gasteiger partial charge < -0.3 is 19.9 Å². The second kappa shape index (κ2) is 12.5. The number of aliphatic hydroxyl groups is 1. The minimum atomic E-state index is -1.13. The highest BCUT2D eigenvalue weighted by molar-refractivity contribution is 7.81. The molecule has 2 unspecified atom stereocenters. The molecule has 116 valence electrons. The van der Waals surface area contributed by atoms with Gasteiger partial charge in [0.15, 0.2) is 11.5 Å². The summed E-state index contributed by atoms with van der Waals surface area (Å²) < 4.78 is 9.46. The number of aliphatic hydroxyl groups excluding tert-OH is 1. The van der Waals surface area contributed by atoms with Crippen LogP contribution in [-0.4, -0.2) is 47.6 Å². The highest BCUT2D eigenvalue weighted by atomic mass is 32.1. The van der Waals surface area contributed by atoms with Gasteiger partial charge in [0.25, 0.3) is 0 Å². The maximum Gasteiger partial charge on any atom is 0.347 e. The SMILES string of the molecule is C=C.CC(=O)NC(S)C(=O)OC(C)C(=O)OCCCO. The van der Waals surface area contributed by atoms with Gasteiger partial charge in [-0.15, -0.1) is 25.8 Å². The molecule has 0 aromatic carbocycles. The van der Waals surface area contributed by atoms with Gasteiger partial charge in [-0.05, 0) is 6.92 Å². The van der Waals surface area contributed by atoms with E-state index in [-0.39, 0.29) is 13.2 Å². The zero-order valence-corrected chi connectivity index (χ0v) is 12.5. The minimum absolute atomic E-state index is 0.0488. The van der Waals surface area contributed by atoms with Crippen molar-refractivity contribution in [3.8, 4) is 0 Å². The van der Waals surface area contributed by atoms with Crippen LogP contribution in [0.15, 0.2) is 13.2 Å². The number of thiol groups is 1. The Morgan fingerprint density at radius 2 is 1.85 bits per heavy atom. The summed E-state index contributed by atoms with van der Waals surface area (Å²) in [7, 11) is 0. The predicted molar refractivity (Wildman–Crippen MR) is 76.1 cm³/mol. The van der Waals surface area contributed by atoms with E-state index >= 15 is 0 Å². The lowest BCUT2D eigenvalue weighted by molar-refractivity contribution is -0.166. The van der Waals surface area contributed by atoms with Crippen LogP contribution in [0.25, 0.3) is 0 Å². The summed E-state index contributed by atoms with van der Waals surface area (Å²) in [5.41, 5.74) is 0. The summed E-state index contributed by atoms with van der Waals surface area (Å²) in [4.78, 5) is 33.3. The third kappa shape index (κ3) is 10.4. The van der Waals surface area contributed by atoms with E-state index in [1.165, 1.54) is 13.8 Å². The van der Waals surface area contributed by atoms with Crippen molar-refractivity contribution in [1.82, 2.24) is 5.32 Å². The second-order valence-electron chi connectivity index (χ2n) is 3.43. The summed E-state index contributed by atoms with van der Waals surface area (Å²) in [6, 6.07) is 0. The maximum absolute atomic E-state index is 11.4. The first kappa shape index (κ1) is 20.8. The Hall–Kier alpha value is -1.54. The molecule has 0 aliphatic carbocycles. The largest absolute Gasteiger partial charge is 0.463 e. The van der Waals surface area contributed by atoms with E-state index in [2.05, 4.69) is 31.1 Å². The van der Waals surface area contributed by atoms with Crippen LogP contribution in [-0.2, 0) is 23.9 Å². The average molecular weight is 307 g/mol. The van der Waals surface area contributed by atoms with E-state index in [1.54, 1.807) is 0 Å². The lowest BCUT2D eigenvalue weighted by atomic mass is 10.4. The molecule has 7 nitrogen and oxygen atoms in total. The van der Waals surface area contributed by atoms with Crippen molar-refractivity contribution in [2.75, 3.05) is 13.2 Å². The third-order valence-corrected chi connectivity index (χ3v) is 2.07. The minimum Gasteiger partial charge on any atom is -0.463 e. The summed E-state index contributed by atoms with van der Waals surface area (Å²) in [6.07, 6.45) is -0.785. The molecule has 0 aliphatic rings. The molecular weight excluding hydrogens is 286 g/mol. The fraction of sp³-hybridized carbons (Fsp3) is 0.583. The van der Waals surface area contributed by atoms with E-state index < -0.39 is 29.3 Å². The van der Waals surface area contributed by atoms with Crippen molar-refractivity contribution < 1.29 is 29.0 Å². The fourth-order valence-corrected chi connectivity index (χ4v) is 1.14. The van der Waals surface area contributed by atoms with Crippen LogP contribution >= 0.6 is 12.6 Å². The molecule has 0 aliphatic heterocycles. The highest BCUT2D eigenvalue weighted by Gasteiger charge is 2.23. The number of hydrogen-bond acceptors (Lipinski definition) is 7. The van der Waals surface area contributed by atoms with Crippen LogP contribution < -0.4 is 5.32 Å². The van der Waals surface area contributed by atoms with Crippen LogP contribution in [0.3, 0.4) is 0 Å². The van der Waals surface area contributed by atoms with E-state index in [9.17, 15) is 14.4 Å². The van der Waals surface area contributed by atoms with Crippen molar-refractivity contribution >= 4 is 30.5 Å². The summed E-state index contributed by atoms with van der Waals surface area (Å²) in [5.74, 6) is -2.01. The van der Waals surface area contributed by atoms with E-state index in [1.807, 2.05) is 0 Å². The van der Waals surface area contributed by atoms with Gasteiger partial charge in [0, 0.05) is 20.0 Å². The summed E-state index contributed by atoms with van der Waals surface area (Å²) in [6.45, 7) is 8.52. The number of amides is 1. The summed E-state index contributed by atoms with van der Waals surface area (Å²) >= 11 is 3.80. The first-order valence-electron chi connectivity index (χ1n) is 5.81. The molecule has 0 spiro atoms. The fourth-order valence-electron chi connectivity index (χ4n) is 0.893. The zero-order valence-electron chi connectivity index (χ0n) is 11.6. The number of esters is 2. The molecule has 0 radical (unpaired) electrons. The lowest BCUT2D eigenvalue weighted by Crippen LogP contribution is -2.39. The molecule has 0 saturated heterocycles. The van der Waals surface area contributed by atoms with E-state index in [0.29, 0.717) is 6.42 Å². The number of rotatable bonds is 7. The maximum atomic E-state index is 11.4. The summed E-state index contributed by atoms with van der Waals surface area (Å²) in [5, 5.41) is 9.57. The number of ether oxygens (including phenoxy) is 2. The molecule has 1 amide bonds. The average Bonchev–Trinajstić information content (AvgIpc) is 2.40. The molecule has 2 atom stereocenters. The molecule has 0 heterocycles. The smallest absolute Gasteiger partial charge is 0.347 e. The third-order valence-electron chi connectivity index (χ3n) is 1.73. The van der Waals surface area contributed by atoms with Gasteiger partial charge in [-0.25, -0.2) is 9.59 Å². The van der Waals surface area contributed by atoms with Gasteiger partial charge in [0.1, 0.15) is 0 Å². The zero-order chi connectivity index (χ0) is 16.1. The highest BCUT2D eigenvalue weighted by Crippen LogP contribution is 2.01. The van der Waals surface area contributed by atoms with Crippen molar-refractivity contribution in [2.24, 2.45) is 0 Å². The van der Waals surface area contributed by atoms with Crippen molar-refractivity contribution in [2.45, 2.75) is 31.7 Å². The quantitative estimate of drug-likeness (QED) is 0.202. The Morgan fingerprint density at radius 1 is 1.30 bits per heavy atom. The molecule has 2 N–H and O–H groups in total. The van der Waals surface area contributed by atoms with Gasteiger partial charge in [-0.2, -0.15) is 0 Å². The van der Waals surface area contributed by atoms with Crippen LogP contribution in [0, 0.1) is 0 Å². The second-order valence-corrected chi connectivity index (χ2v) is 3.94.